The molecule has 1 aliphatic rings. The molecule has 0 amide bonds. The third-order valence-corrected chi connectivity index (χ3v) is 6.57. The molecule has 9 heteroatoms. The van der Waals surface area contributed by atoms with Crippen molar-refractivity contribution in [1.82, 2.24) is 9.62 Å². The van der Waals surface area contributed by atoms with Crippen molar-refractivity contribution in [3.63, 3.8) is 0 Å². The van der Waals surface area contributed by atoms with Crippen molar-refractivity contribution in [2.75, 3.05) is 40.0 Å². The second kappa shape index (κ2) is 9.32. The smallest absolute Gasteiger partial charge is 0.243 e. The molecule has 0 aromatic heterocycles. The largest absolute Gasteiger partial charge is 0.497 e. The topological polar surface area (TPSA) is 67.9 Å². The highest BCUT2D eigenvalue weighted by Gasteiger charge is 2.26. The van der Waals surface area contributed by atoms with Gasteiger partial charge in [0.25, 0.3) is 0 Å². The Morgan fingerprint density at radius 1 is 1.21 bits per heavy atom. The van der Waals surface area contributed by atoms with E-state index in [2.05, 4.69) is 25.6 Å². The fourth-order valence-electron chi connectivity index (χ4n) is 3.12. The highest BCUT2D eigenvalue weighted by Crippen LogP contribution is 2.25. The van der Waals surface area contributed by atoms with Crippen LogP contribution in [-0.2, 0) is 14.8 Å². The number of methoxy groups -OCH3 is 1. The molecule has 0 radical (unpaired) electrons. The van der Waals surface area contributed by atoms with Gasteiger partial charge in [-0.05, 0) is 35.9 Å². The number of hydrogen-bond donors (Lipinski definition) is 1. The van der Waals surface area contributed by atoms with Gasteiger partial charge in [0.1, 0.15) is 16.5 Å². The lowest BCUT2D eigenvalue weighted by molar-refractivity contribution is 0.0172. The number of hydrogen-bond acceptors (Lipinski definition) is 5. The average molecular weight is 473 g/mol. The molecule has 1 atom stereocenters. The second-order valence-corrected chi connectivity index (χ2v) is 9.01. The summed E-state index contributed by atoms with van der Waals surface area (Å²) in [6.45, 7) is 2.65. The monoisotopic (exact) mass is 472 g/mol. The van der Waals surface area contributed by atoms with Gasteiger partial charge in [0, 0.05) is 30.1 Å². The lowest BCUT2D eigenvalue weighted by Gasteiger charge is -2.35. The zero-order valence-corrected chi connectivity index (χ0v) is 17.8. The molecule has 2 aromatic carbocycles. The maximum absolute atomic E-state index is 14.1. The predicted molar refractivity (Wildman–Crippen MR) is 107 cm³/mol. The first-order valence-electron chi connectivity index (χ1n) is 8.81. The number of nitrogens with zero attached hydrogens (tertiary/aromatic N) is 1. The Kier molecular flexibility index (Phi) is 7.05. The molecular weight excluding hydrogens is 451 g/mol. The molecule has 1 fully saturated rings. The highest BCUT2D eigenvalue weighted by molar-refractivity contribution is 9.10. The normalized spacial score (nSPS) is 16.7. The maximum atomic E-state index is 14.1. The van der Waals surface area contributed by atoms with Gasteiger partial charge in [0.05, 0.1) is 20.3 Å². The summed E-state index contributed by atoms with van der Waals surface area (Å²) in [5.74, 6) is -0.0654. The van der Waals surface area contributed by atoms with Crippen LogP contribution >= 0.6 is 15.9 Å². The number of benzene rings is 2. The first-order chi connectivity index (χ1) is 13.4. The fourth-order valence-corrected chi connectivity index (χ4v) is 4.77. The maximum Gasteiger partial charge on any atom is 0.243 e. The third kappa shape index (κ3) is 5.09. The van der Waals surface area contributed by atoms with Crippen molar-refractivity contribution in [2.24, 2.45) is 0 Å². The Hall–Kier alpha value is -1.52. The SMILES string of the molecule is COc1ccc(C(CNS(=O)(=O)c2cc(Br)ccc2F)N2CCOCC2)cc1. The highest BCUT2D eigenvalue weighted by atomic mass is 79.9. The zero-order valence-electron chi connectivity index (χ0n) is 15.4. The third-order valence-electron chi connectivity index (χ3n) is 4.64. The summed E-state index contributed by atoms with van der Waals surface area (Å²) in [6.07, 6.45) is 0. The van der Waals surface area contributed by atoms with Crippen molar-refractivity contribution in [1.29, 1.82) is 0 Å². The van der Waals surface area contributed by atoms with E-state index in [1.54, 1.807) is 7.11 Å². The number of morpholine rings is 1. The van der Waals surface area contributed by atoms with E-state index in [0.717, 1.165) is 17.4 Å². The van der Waals surface area contributed by atoms with Crippen LogP contribution in [0.1, 0.15) is 11.6 Å². The van der Waals surface area contributed by atoms with Gasteiger partial charge < -0.3 is 9.47 Å². The molecular formula is C19H22BrFN2O4S. The van der Waals surface area contributed by atoms with Gasteiger partial charge in [-0.25, -0.2) is 17.5 Å². The summed E-state index contributed by atoms with van der Waals surface area (Å²) in [6, 6.07) is 11.1. The van der Waals surface area contributed by atoms with Gasteiger partial charge >= 0.3 is 0 Å². The van der Waals surface area contributed by atoms with Crippen molar-refractivity contribution < 1.29 is 22.3 Å². The van der Waals surface area contributed by atoms with E-state index in [1.165, 1.54) is 12.1 Å². The van der Waals surface area contributed by atoms with Gasteiger partial charge in [-0.15, -0.1) is 0 Å². The number of ether oxygens (including phenoxy) is 2. The van der Waals surface area contributed by atoms with Gasteiger partial charge in [0.15, 0.2) is 0 Å². The van der Waals surface area contributed by atoms with Crippen molar-refractivity contribution in [2.45, 2.75) is 10.9 Å². The molecule has 6 nitrogen and oxygen atoms in total. The van der Waals surface area contributed by atoms with Crippen molar-refractivity contribution in [3.8, 4) is 5.75 Å². The number of sulfonamides is 1. The van der Waals surface area contributed by atoms with E-state index in [9.17, 15) is 12.8 Å². The summed E-state index contributed by atoms with van der Waals surface area (Å²) in [5.41, 5.74) is 0.945. The van der Waals surface area contributed by atoms with E-state index < -0.39 is 15.8 Å². The predicted octanol–water partition coefficient (Wildman–Crippen LogP) is 2.95. The standard InChI is InChI=1S/C19H22BrFN2O4S/c1-26-16-5-2-14(3-6-16)18(23-8-10-27-11-9-23)13-22-28(24,25)19-12-15(20)4-7-17(19)21/h2-7,12,18,22H,8-11,13H2,1H3. The Labute approximate surface area is 172 Å². The molecule has 0 saturated carbocycles. The molecule has 3 rings (SSSR count). The van der Waals surface area contributed by atoms with E-state index in [0.29, 0.717) is 30.8 Å². The summed E-state index contributed by atoms with van der Waals surface area (Å²) < 4.78 is 53.1. The average Bonchev–Trinajstić information content (AvgIpc) is 2.71. The first kappa shape index (κ1) is 21.2. The Balaban J connectivity index is 1.83. The quantitative estimate of drug-likeness (QED) is 0.670. The van der Waals surface area contributed by atoms with E-state index in [4.69, 9.17) is 9.47 Å². The molecule has 0 aliphatic carbocycles. The van der Waals surface area contributed by atoms with Crippen molar-refractivity contribution in [3.05, 3.63) is 58.3 Å². The summed E-state index contributed by atoms with van der Waals surface area (Å²) in [5, 5.41) is 0. The Morgan fingerprint density at radius 3 is 2.54 bits per heavy atom. The number of rotatable bonds is 7. The Bertz CT molecular complexity index is 903. The van der Waals surface area contributed by atoms with Crippen LogP contribution in [0.15, 0.2) is 51.8 Å². The Morgan fingerprint density at radius 2 is 1.89 bits per heavy atom. The molecule has 1 N–H and O–H groups in total. The van der Waals surface area contributed by atoms with Crippen LogP contribution in [-0.4, -0.2) is 53.3 Å². The lowest BCUT2D eigenvalue weighted by atomic mass is 10.0. The minimum atomic E-state index is -4.01. The van der Waals surface area contributed by atoms with Crippen LogP contribution in [0.5, 0.6) is 5.75 Å². The second-order valence-electron chi connectivity index (χ2n) is 6.36. The molecule has 1 unspecified atom stereocenters. The van der Waals surface area contributed by atoms with E-state index in [-0.39, 0.29) is 17.5 Å². The van der Waals surface area contributed by atoms with Crippen molar-refractivity contribution >= 4 is 26.0 Å². The first-order valence-corrected chi connectivity index (χ1v) is 11.1. The van der Waals surface area contributed by atoms with E-state index in [1.807, 2.05) is 24.3 Å². The van der Waals surface area contributed by atoms with Gasteiger partial charge in [-0.3, -0.25) is 4.90 Å². The van der Waals surface area contributed by atoms with Crippen LogP contribution in [0.4, 0.5) is 4.39 Å². The molecule has 1 aliphatic heterocycles. The van der Waals surface area contributed by atoms with Crippen LogP contribution < -0.4 is 9.46 Å². The molecule has 2 aromatic rings. The zero-order chi connectivity index (χ0) is 20.1. The molecule has 1 heterocycles. The van der Waals surface area contributed by atoms with Crippen LogP contribution in [0.2, 0.25) is 0 Å². The van der Waals surface area contributed by atoms with Gasteiger partial charge in [-0.1, -0.05) is 28.1 Å². The summed E-state index contributed by atoms with van der Waals surface area (Å²) in [4.78, 5) is 1.78. The number of halogens is 2. The van der Waals surface area contributed by atoms with Crippen LogP contribution in [0, 0.1) is 5.82 Å². The van der Waals surface area contributed by atoms with Gasteiger partial charge in [0.2, 0.25) is 10.0 Å². The number of nitrogens with one attached hydrogen (secondary N) is 1. The molecule has 0 bridgehead atoms. The minimum Gasteiger partial charge on any atom is -0.497 e. The van der Waals surface area contributed by atoms with Crippen LogP contribution in [0.25, 0.3) is 0 Å². The molecule has 152 valence electrons. The van der Waals surface area contributed by atoms with Crippen LogP contribution in [0.3, 0.4) is 0 Å². The van der Waals surface area contributed by atoms with E-state index >= 15 is 0 Å². The summed E-state index contributed by atoms with van der Waals surface area (Å²) >= 11 is 3.19. The molecule has 28 heavy (non-hydrogen) atoms. The molecule has 0 spiro atoms. The minimum absolute atomic E-state index is 0.112. The molecule has 1 saturated heterocycles. The summed E-state index contributed by atoms with van der Waals surface area (Å²) in [7, 11) is -2.41. The fraction of sp³-hybridized carbons (Fsp3) is 0.368. The van der Waals surface area contributed by atoms with Gasteiger partial charge in [-0.2, -0.15) is 0 Å². The lowest BCUT2D eigenvalue weighted by Crippen LogP contribution is -2.43.